The summed E-state index contributed by atoms with van der Waals surface area (Å²) >= 11 is 0. The van der Waals surface area contributed by atoms with Crippen LogP contribution in [0.3, 0.4) is 0 Å². The number of imidazole rings is 1. The van der Waals surface area contributed by atoms with Gasteiger partial charge in [0, 0.05) is 6.54 Å². The predicted molar refractivity (Wildman–Crippen MR) is 83.3 cm³/mol. The number of hydrogen-bond acceptors (Lipinski definition) is 3. The Bertz CT molecular complexity index is 599. The third-order valence-corrected chi connectivity index (χ3v) is 2.83. The molecule has 21 heavy (non-hydrogen) atoms. The van der Waals surface area contributed by atoms with Crippen molar-refractivity contribution < 1.29 is 9.53 Å². The number of hydrogen-bond donors (Lipinski definition) is 1. The zero-order chi connectivity index (χ0) is 15.5. The summed E-state index contributed by atoms with van der Waals surface area (Å²) in [5, 5.41) is 0. The topological polar surface area (TPSA) is 58.2 Å². The lowest BCUT2D eigenvalue weighted by molar-refractivity contribution is 0.0580. The van der Waals surface area contributed by atoms with Crippen LogP contribution in [-0.4, -0.2) is 28.2 Å². The Kier molecular flexibility index (Phi) is 4.31. The van der Waals surface area contributed by atoms with E-state index in [4.69, 9.17) is 4.74 Å². The SMILES string of the molecule is CCN(C(=O)OC(C)(C)C)c1ncc(-c2ccccc2)[nH]1. The molecular weight excluding hydrogens is 266 g/mol. The third kappa shape index (κ3) is 3.84. The summed E-state index contributed by atoms with van der Waals surface area (Å²) in [7, 11) is 0. The maximum Gasteiger partial charge on any atom is 0.417 e. The van der Waals surface area contributed by atoms with E-state index in [2.05, 4.69) is 9.97 Å². The second-order valence-electron chi connectivity index (χ2n) is 5.71. The highest BCUT2D eigenvalue weighted by molar-refractivity contribution is 5.86. The van der Waals surface area contributed by atoms with Crippen LogP contribution >= 0.6 is 0 Å². The molecule has 0 saturated carbocycles. The minimum absolute atomic E-state index is 0.404. The second-order valence-corrected chi connectivity index (χ2v) is 5.71. The fourth-order valence-electron chi connectivity index (χ4n) is 1.89. The molecule has 0 aliphatic rings. The molecule has 0 saturated heterocycles. The fraction of sp³-hybridized carbons (Fsp3) is 0.375. The fourth-order valence-corrected chi connectivity index (χ4v) is 1.89. The molecule has 1 amide bonds. The Morgan fingerprint density at radius 2 is 1.95 bits per heavy atom. The molecule has 0 atom stereocenters. The molecule has 0 aliphatic carbocycles. The summed E-state index contributed by atoms with van der Waals surface area (Å²) < 4.78 is 5.39. The highest BCUT2D eigenvalue weighted by atomic mass is 16.6. The summed E-state index contributed by atoms with van der Waals surface area (Å²) in [5.41, 5.74) is 1.36. The number of carbonyl (C=O) groups excluding carboxylic acids is 1. The zero-order valence-electron chi connectivity index (χ0n) is 12.9. The number of rotatable bonds is 3. The van der Waals surface area contributed by atoms with E-state index in [1.165, 1.54) is 4.90 Å². The van der Waals surface area contributed by atoms with Gasteiger partial charge in [0.25, 0.3) is 0 Å². The van der Waals surface area contributed by atoms with Gasteiger partial charge in [0.05, 0.1) is 11.9 Å². The van der Waals surface area contributed by atoms with Crippen LogP contribution in [0.4, 0.5) is 10.7 Å². The monoisotopic (exact) mass is 287 g/mol. The highest BCUT2D eigenvalue weighted by Gasteiger charge is 2.24. The number of benzene rings is 1. The van der Waals surface area contributed by atoms with E-state index < -0.39 is 11.7 Å². The first-order valence-electron chi connectivity index (χ1n) is 7.01. The van der Waals surface area contributed by atoms with Gasteiger partial charge in [-0.25, -0.2) is 14.7 Å². The van der Waals surface area contributed by atoms with Crippen LogP contribution in [0.1, 0.15) is 27.7 Å². The number of aromatic nitrogens is 2. The number of ether oxygens (including phenoxy) is 1. The lowest BCUT2D eigenvalue weighted by Gasteiger charge is -2.24. The van der Waals surface area contributed by atoms with Crippen molar-refractivity contribution in [2.24, 2.45) is 0 Å². The highest BCUT2D eigenvalue weighted by Crippen LogP contribution is 2.21. The van der Waals surface area contributed by atoms with Crippen molar-refractivity contribution in [1.29, 1.82) is 0 Å². The van der Waals surface area contributed by atoms with Gasteiger partial charge in [-0.3, -0.25) is 0 Å². The second kappa shape index (κ2) is 5.99. The van der Waals surface area contributed by atoms with Crippen molar-refractivity contribution in [1.82, 2.24) is 9.97 Å². The lowest BCUT2D eigenvalue weighted by Crippen LogP contribution is -2.37. The maximum absolute atomic E-state index is 12.2. The van der Waals surface area contributed by atoms with Crippen molar-refractivity contribution in [2.45, 2.75) is 33.3 Å². The minimum atomic E-state index is -0.528. The van der Waals surface area contributed by atoms with Gasteiger partial charge in [0.15, 0.2) is 0 Å². The van der Waals surface area contributed by atoms with Crippen LogP contribution in [-0.2, 0) is 4.74 Å². The molecule has 5 nitrogen and oxygen atoms in total. The number of amides is 1. The first-order chi connectivity index (χ1) is 9.90. The number of nitrogens with one attached hydrogen (secondary N) is 1. The normalized spacial score (nSPS) is 11.2. The molecule has 0 fully saturated rings. The van der Waals surface area contributed by atoms with Crippen molar-refractivity contribution in [3.8, 4) is 11.3 Å². The van der Waals surface area contributed by atoms with Gasteiger partial charge in [0.1, 0.15) is 5.60 Å². The van der Waals surface area contributed by atoms with E-state index >= 15 is 0 Å². The first kappa shape index (κ1) is 15.1. The molecule has 0 radical (unpaired) electrons. The van der Waals surface area contributed by atoms with E-state index in [1.54, 1.807) is 6.20 Å². The number of nitrogens with zero attached hydrogens (tertiary/aromatic N) is 2. The predicted octanol–water partition coefficient (Wildman–Crippen LogP) is 3.84. The summed E-state index contributed by atoms with van der Waals surface area (Å²) in [6.07, 6.45) is 1.32. The van der Waals surface area contributed by atoms with Crippen LogP contribution in [0.25, 0.3) is 11.3 Å². The average molecular weight is 287 g/mol. The van der Waals surface area contributed by atoms with Crippen LogP contribution in [0.5, 0.6) is 0 Å². The average Bonchev–Trinajstić information content (AvgIpc) is 2.88. The Morgan fingerprint density at radius 3 is 2.52 bits per heavy atom. The van der Waals surface area contributed by atoms with E-state index in [1.807, 2.05) is 58.0 Å². The van der Waals surface area contributed by atoms with E-state index in [-0.39, 0.29) is 0 Å². The molecule has 112 valence electrons. The van der Waals surface area contributed by atoms with Gasteiger partial charge in [-0.2, -0.15) is 0 Å². The molecule has 2 aromatic rings. The maximum atomic E-state index is 12.2. The Balaban J connectivity index is 2.20. The number of carbonyl (C=O) groups is 1. The van der Waals surface area contributed by atoms with E-state index in [0.29, 0.717) is 12.5 Å². The first-order valence-corrected chi connectivity index (χ1v) is 7.01. The summed E-state index contributed by atoms with van der Waals surface area (Å²) in [6.45, 7) is 7.90. The molecule has 2 rings (SSSR count). The van der Waals surface area contributed by atoms with Crippen molar-refractivity contribution >= 4 is 12.0 Å². The van der Waals surface area contributed by atoms with Gasteiger partial charge < -0.3 is 9.72 Å². The van der Waals surface area contributed by atoms with E-state index in [9.17, 15) is 4.79 Å². The van der Waals surface area contributed by atoms with Gasteiger partial charge in [-0.15, -0.1) is 0 Å². The Labute approximate surface area is 125 Å². The molecule has 0 spiro atoms. The van der Waals surface area contributed by atoms with E-state index in [0.717, 1.165) is 11.3 Å². The molecule has 0 unspecified atom stereocenters. The number of H-pyrrole nitrogens is 1. The lowest BCUT2D eigenvalue weighted by atomic mass is 10.2. The molecule has 0 bridgehead atoms. The third-order valence-electron chi connectivity index (χ3n) is 2.83. The molecule has 0 aliphatic heterocycles. The zero-order valence-corrected chi connectivity index (χ0v) is 12.9. The van der Waals surface area contributed by atoms with Crippen molar-refractivity contribution in [2.75, 3.05) is 11.4 Å². The number of aromatic amines is 1. The Hall–Kier alpha value is -2.30. The Morgan fingerprint density at radius 1 is 1.29 bits per heavy atom. The van der Waals surface area contributed by atoms with Gasteiger partial charge in [-0.05, 0) is 33.3 Å². The standard InChI is InChI=1S/C16H21N3O2/c1-5-19(15(20)21-16(2,3)4)14-17-11-13(18-14)12-9-7-6-8-10-12/h6-11H,5H2,1-4H3,(H,17,18). The van der Waals surface area contributed by atoms with Crippen LogP contribution in [0, 0.1) is 0 Å². The van der Waals surface area contributed by atoms with Gasteiger partial charge in [-0.1, -0.05) is 30.3 Å². The van der Waals surface area contributed by atoms with Crippen molar-refractivity contribution in [3.05, 3.63) is 36.5 Å². The molecule has 1 N–H and O–H groups in total. The van der Waals surface area contributed by atoms with Gasteiger partial charge in [0.2, 0.25) is 5.95 Å². The molecule has 1 aromatic carbocycles. The minimum Gasteiger partial charge on any atom is -0.443 e. The van der Waals surface area contributed by atoms with Crippen LogP contribution in [0.15, 0.2) is 36.5 Å². The quantitative estimate of drug-likeness (QED) is 0.933. The summed E-state index contributed by atoms with van der Waals surface area (Å²) in [6, 6.07) is 9.85. The molecular formula is C16H21N3O2. The summed E-state index contributed by atoms with van der Waals surface area (Å²) in [5.74, 6) is 0.491. The van der Waals surface area contributed by atoms with Crippen molar-refractivity contribution in [3.63, 3.8) is 0 Å². The molecule has 5 heteroatoms. The molecule has 1 aromatic heterocycles. The summed E-state index contributed by atoms with van der Waals surface area (Å²) in [4.78, 5) is 21.1. The largest absolute Gasteiger partial charge is 0.443 e. The van der Waals surface area contributed by atoms with Crippen LogP contribution in [0.2, 0.25) is 0 Å². The van der Waals surface area contributed by atoms with Gasteiger partial charge >= 0.3 is 6.09 Å². The molecule has 1 heterocycles. The van der Waals surface area contributed by atoms with Crippen LogP contribution < -0.4 is 4.90 Å². The smallest absolute Gasteiger partial charge is 0.417 e. The number of anilines is 1.